The Morgan fingerprint density at radius 3 is 3.04 bits per heavy atom. The van der Waals surface area contributed by atoms with Crippen LogP contribution in [-0.2, 0) is 24.3 Å². The first-order valence-corrected chi connectivity index (χ1v) is 8.94. The highest BCUT2D eigenvalue weighted by Crippen LogP contribution is 2.38. The van der Waals surface area contributed by atoms with Crippen molar-refractivity contribution < 1.29 is 4.79 Å². The molecule has 2 aliphatic rings. The van der Waals surface area contributed by atoms with E-state index in [1.165, 1.54) is 5.56 Å². The highest BCUT2D eigenvalue weighted by Gasteiger charge is 2.30. The van der Waals surface area contributed by atoms with E-state index < -0.39 is 0 Å². The summed E-state index contributed by atoms with van der Waals surface area (Å²) in [7, 11) is 0. The van der Waals surface area contributed by atoms with Crippen LogP contribution in [0.3, 0.4) is 0 Å². The summed E-state index contributed by atoms with van der Waals surface area (Å²) in [5.74, 6) is 1.18. The fraction of sp³-hybridized carbons (Fsp3) is 0.412. The lowest BCUT2D eigenvalue weighted by atomic mass is 10.0. The van der Waals surface area contributed by atoms with Crippen molar-refractivity contribution in [3.05, 3.63) is 29.5 Å². The van der Waals surface area contributed by atoms with E-state index >= 15 is 0 Å². The average Bonchev–Trinajstić information content (AvgIpc) is 3.16. The van der Waals surface area contributed by atoms with Crippen LogP contribution in [0.25, 0.3) is 11.3 Å². The molecule has 1 unspecified atom stereocenters. The van der Waals surface area contributed by atoms with E-state index in [4.69, 9.17) is 10.7 Å². The number of carbonyl (C=O) groups excluding carboxylic acids is 1. The SMILES string of the molecule is CC(=O)N1c2ccc(-c3nc4n(c3CN)CCS4)cc2CC1C. The van der Waals surface area contributed by atoms with E-state index in [0.29, 0.717) is 6.54 Å². The summed E-state index contributed by atoms with van der Waals surface area (Å²) >= 11 is 1.79. The molecule has 6 heteroatoms. The van der Waals surface area contributed by atoms with E-state index in [0.717, 1.165) is 46.5 Å². The highest BCUT2D eigenvalue weighted by atomic mass is 32.2. The molecule has 5 nitrogen and oxygen atoms in total. The Hall–Kier alpha value is -1.79. The summed E-state index contributed by atoms with van der Waals surface area (Å²) in [6.45, 7) is 5.20. The van der Waals surface area contributed by atoms with Gasteiger partial charge < -0.3 is 15.2 Å². The number of nitrogens with zero attached hydrogens (tertiary/aromatic N) is 3. The first-order valence-electron chi connectivity index (χ1n) is 7.95. The van der Waals surface area contributed by atoms with Crippen molar-refractivity contribution in [1.82, 2.24) is 9.55 Å². The molecule has 4 rings (SSSR count). The van der Waals surface area contributed by atoms with Gasteiger partial charge in [0.15, 0.2) is 5.16 Å². The fourth-order valence-corrected chi connectivity index (χ4v) is 4.70. The van der Waals surface area contributed by atoms with Gasteiger partial charge in [-0.25, -0.2) is 4.98 Å². The summed E-state index contributed by atoms with van der Waals surface area (Å²) in [6.07, 6.45) is 0.892. The molecule has 2 aliphatic heterocycles. The molecule has 0 fully saturated rings. The molecule has 1 amide bonds. The van der Waals surface area contributed by atoms with Crippen molar-refractivity contribution in [1.29, 1.82) is 0 Å². The molecule has 0 saturated heterocycles. The Morgan fingerprint density at radius 1 is 1.48 bits per heavy atom. The third-order valence-electron chi connectivity index (χ3n) is 4.68. The van der Waals surface area contributed by atoms with Crippen LogP contribution < -0.4 is 10.6 Å². The normalized spacial score (nSPS) is 19.1. The maximum absolute atomic E-state index is 11.9. The lowest BCUT2D eigenvalue weighted by Gasteiger charge is -2.20. The van der Waals surface area contributed by atoms with Crippen molar-refractivity contribution in [3.63, 3.8) is 0 Å². The molecule has 0 bridgehead atoms. The molecule has 23 heavy (non-hydrogen) atoms. The van der Waals surface area contributed by atoms with E-state index in [1.54, 1.807) is 18.7 Å². The van der Waals surface area contributed by atoms with Crippen LogP contribution in [0.2, 0.25) is 0 Å². The molecular weight excluding hydrogens is 308 g/mol. The number of aromatic nitrogens is 2. The number of imidazole rings is 1. The summed E-state index contributed by atoms with van der Waals surface area (Å²) in [5, 5.41) is 1.07. The van der Waals surface area contributed by atoms with Crippen LogP contribution in [-0.4, -0.2) is 27.3 Å². The molecule has 0 aliphatic carbocycles. The Morgan fingerprint density at radius 2 is 2.30 bits per heavy atom. The zero-order valence-electron chi connectivity index (χ0n) is 13.4. The van der Waals surface area contributed by atoms with Crippen molar-refractivity contribution in [3.8, 4) is 11.3 Å². The lowest BCUT2D eigenvalue weighted by molar-refractivity contribution is -0.116. The second kappa shape index (κ2) is 5.39. The minimum Gasteiger partial charge on any atom is -0.325 e. The zero-order chi connectivity index (χ0) is 16.1. The predicted molar refractivity (Wildman–Crippen MR) is 92.6 cm³/mol. The van der Waals surface area contributed by atoms with E-state index in [-0.39, 0.29) is 11.9 Å². The molecule has 2 N–H and O–H groups in total. The predicted octanol–water partition coefficient (Wildman–Crippen LogP) is 2.41. The molecule has 1 aromatic carbocycles. The third-order valence-corrected chi connectivity index (χ3v) is 5.64. The third kappa shape index (κ3) is 2.20. The maximum atomic E-state index is 11.9. The first kappa shape index (κ1) is 14.8. The van der Waals surface area contributed by atoms with E-state index in [2.05, 4.69) is 23.6 Å². The monoisotopic (exact) mass is 328 g/mol. The van der Waals surface area contributed by atoms with Crippen LogP contribution in [0.5, 0.6) is 0 Å². The van der Waals surface area contributed by atoms with Gasteiger partial charge in [-0.3, -0.25) is 4.79 Å². The Bertz CT molecular complexity index is 798. The first-order chi connectivity index (χ1) is 11.1. The summed E-state index contributed by atoms with van der Waals surface area (Å²) in [6, 6.07) is 6.51. The number of amides is 1. The van der Waals surface area contributed by atoms with Crippen molar-refractivity contribution in [2.75, 3.05) is 10.7 Å². The molecule has 0 spiro atoms. The number of thioether (sulfide) groups is 1. The second-order valence-corrected chi connectivity index (χ2v) is 7.24. The van der Waals surface area contributed by atoms with Gasteiger partial charge in [0.25, 0.3) is 0 Å². The summed E-state index contributed by atoms with van der Waals surface area (Å²) < 4.78 is 2.23. The van der Waals surface area contributed by atoms with Gasteiger partial charge in [-0.1, -0.05) is 17.8 Å². The Balaban J connectivity index is 1.79. The number of hydrogen-bond acceptors (Lipinski definition) is 4. The molecule has 0 saturated carbocycles. The van der Waals surface area contributed by atoms with E-state index in [9.17, 15) is 4.79 Å². The van der Waals surface area contributed by atoms with Crippen molar-refractivity contribution in [2.45, 2.75) is 44.6 Å². The van der Waals surface area contributed by atoms with E-state index in [1.807, 2.05) is 11.0 Å². The fourth-order valence-electron chi connectivity index (χ4n) is 3.73. The van der Waals surface area contributed by atoms with Crippen LogP contribution in [0.1, 0.15) is 25.1 Å². The van der Waals surface area contributed by atoms with Crippen LogP contribution in [0.4, 0.5) is 5.69 Å². The summed E-state index contributed by atoms with van der Waals surface area (Å²) in [5.41, 5.74) is 11.4. The molecular formula is C17H20N4OS. The zero-order valence-corrected chi connectivity index (χ0v) is 14.2. The largest absolute Gasteiger partial charge is 0.325 e. The maximum Gasteiger partial charge on any atom is 0.224 e. The number of hydrogen-bond donors (Lipinski definition) is 1. The molecule has 1 atom stereocenters. The van der Waals surface area contributed by atoms with Crippen LogP contribution in [0.15, 0.2) is 23.4 Å². The number of carbonyl (C=O) groups is 1. The highest BCUT2D eigenvalue weighted by molar-refractivity contribution is 7.99. The number of fused-ring (bicyclic) bond motifs is 2. The van der Waals surface area contributed by atoms with Gasteiger partial charge in [0.2, 0.25) is 5.91 Å². The molecule has 0 radical (unpaired) electrons. The minimum absolute atomic E-state index is 0.101. The lowest BCUT2D eigenvalue weighted by Crippen LogP contribution is -2.33. The quantitative estimate of drug-likeness (QED) is 0.919. The second-order valence-electron chi connectivity index (χ2n) is 6.18. The van der Waals surface area contributed by atoms with Crippen LogP contribution in [0, 0.1) is 0 Å². The standard InChI is InChI=1S/C17H20N4OS/c1-10-7-13-8-12(3-4-14(13)21(10)11(2)22)16-15(9-18)20-5-6-23-17(20)19-16/h3-4,8,10H,5-7,9,18H2,1-2H3. The van der Waals surface area contributed by atoms with Gasteiger partial charge in [-0.05, 0) is 31.0 Å². The van der Waals surface area contributed by atoms with Crippen LogP contribution >= 0.6 is 11.8 Å². The molecule has 1 aromatic heterocycles. The van der Waals surface area contributed by atoms with Gasteiger partial charge in [0, 0.05) is 43.1 Å². The number of rotatable bonds is 2. The van der Waals surface area contributed by atoms with Crippen molar-refractivity contribution in [2.24, 2.45) is 5.73 Å². The summed E-state index contributed by atoms with van der Waals surface area (Å²) in [4.78, 5) is 18.5. The minimum atomic E-state index is 0.101. The molecule has 2 aromatic rings. The van der Waals surface area contributed by atoms with Gasteiger partial charge in [-0.15, -0.1) is 0 Å². The number of benzene rings is 1. The van der Waals surface area contributed by atoms with Crippen molar-refractivity contribution >= 4 is 23.4 Å². The Labute approximate surface area is 139 Å². The number of nitrogens with two attached hydrogens (primary N) is 1. The molecule has 120 valence electrons. The Kier molecular flexibility index (Phi) is 3.46. The number of anilines is 1. The average molecular weight is 328 g/mol. The topological polar surface area (TPSA) is 64.2 Å². The van der Waals surface area contributed by atoms with Gasteiger partial charge in [0.1, 0.15) is 0 Å². The smallest absolute Gasteiger partial charge is 0.224 e. The van der Waals surface area contributed by atoms with Gasteiger partial charge in [0.05, 0.1) is 11.4 Å². The van der Waals surface area contributed by atoms with Gasteiger partial charge in [-0.2, -0.15) is 0 Å². The molecule has 3 heterocycles. The van der Waals surface area contributed by atoms with Gasteiger partial charge >= 0.3 is 0 Å².